The Kier molecular flexibility index (Phi) is 5.55. The maximum atomic E-state index is 12.9. The lowest BCUT2D eigenvalue weighted by Crippen LogP contribution is -2.28. The number of hydrogen-bond donors (Lipinski definition) is 1. The van der Waals surface area contributed by atoms with Crippen LogP contribution in [0.2, 0.25) is 0 Å². The number of halogens is 2. The molecule has 2 rings (SSSR count). The largest absolute Gasteiger partial charge is 0.462 e. The summed E-state index contributed by atoms with van der Waals surface area (Å²) in [7, 11) is 1.48. The van der Waals surface area contributed by atoms with Gasteiger partial charge in [-0.25, -0.2) is 9.78 Å². The third kappa shape index (κ3) is 3.70. The van der Waals surface area contributed by atoms with Gasteiger partial charge in [0, 0.05) is 25.1 Å². The molecule has 2 heterocycles. The molecule has 1 amide bonds. The molecule has 0 saturated carbocycles. The SMILES string of the molecule is CCOC(=O)c1c(C)[nH]c(C(=O)N(C)Cc2nccn2C(F)F)c1C. The van der Waals surface area contributed by atoms with E-state index in [2.05, 4.69) is 9.97 Å². The number of nitrogens with zero attached hydrogens (tertiary/aromatic N) is 3. The number of rotatable bonds is 6. The standard InChI is InChI=1S/C16H20F2N4O3/c1-5-25-15(24)12-9(2)13(20-10(12)3)14(23)21(4)8-11-19-6-7-22(11)16(17)18/h6-7,16,20H,5,8H2,1-4H3. The van der Waals surface area contributed by atoms with Gasteiger partial charge in [-0.1, -0.05) is 0 Å². The molecule has 0 radical (unpaired) electrons. The lowest BCUT2D eigenvalue weighted by molar-refractivity contribution is 0.0524. The zero-order valence-corrected chi connectivity index (χ0v) is 14.5. The van der Waals surface area contributed by atoms with Crippen LogP contribution in [0.5, 0.6) is 0 Å². The van der Waals surface area contributed by atoms with Gasteiger partial charge < -0.3 is 14.6 Å². The molecule has 0 aromatic carbocycles. The van der Waals surface area contributed by atoms with E-state index >= 15 is 0 Å². The van der Waals surface area contributed by atoms with Crippen LogP contribution in [-0.4, -0.2) is 45.0 Å². The molecule has 0 aliphatic heterocycles. The van der Waals surface area contributed by atoms with Crippen molar-refractivity contribution in [1.82, 2.24) is 19.4 Å². The summed E-state index contributed by atoms with van der Waals surface area (Å²) in [5.74, 6) is -0.874. The summed E-state index contributed by atoms with van der Waals surface area (Å²) in [6, 6.07) is 0. The van der Waals surface area contributed by atoms with E-state index in [0.29, 0.717) is 21.4 Å². The van der Waals surface area contributed by atoms with E-state index in [0.717, 1.165) is 6.20 Å². The van der Waals surface area contributed by atoms with E-state index in [4.69, 9.17) is 4.74 Å². The van der Waals surface area contributed by atoms with Crippen molar-refractivity contribution in [2.24, 2.45) is 0 Å². The second-order valence-corrected chi connectivity index (χ2v) is 5.54. The number of aromatic amines is 1. The average molecular weight is 354 g/mol. The predicted octanol–water partition coefficient (Wildman–Crippen LogP) is 2.67. The van der Waals surface area contributed by atoms with Crippen molar-refractivity contribution in [2.45, 2.75) is 33.9 Å². The Bertz CT molecular complexity index is 782. The zero-order valence-electron chi connectivity index (χ0n) is 14.5. The number of amides is 1. The first kappa shape index (κ1) is 18.6. The number of alkyl halides is 2. The van der Waals surface area contributed by atoms with Gasteiger partial charge in [-0.05, 0) is 26.3 Å². The minimum Gasteiger partial charge on any atom is -0.462 e. The van der Waals surface area contributed by atoms with Crippen LogP contribution < -0.4 is 0 Å². The number of esters is 1. The van der Waals surface area contributed by atoms with Crippen molar-refractivity contribution in [1.29, 1.82) is 0 Å². The van der Waals surface area contributed by atoms with Crippen molar-refractivity contribution in [2.75, 3.05) is 13.7 Å². The molecule has 9 heteroatoms. The Hall–Kier alpha value is -2.71. The van der Waals surface area contributed by atoms with Crippen LogP contribution in [0.3, 0.4) is 0 Å². The molecule has 0 atom stereocenters. The second kappa shape index (κ2) is 7.45. The number of carbonyl (C=O) groups is 2. The first-order valence-corrected chi connectivity index (χ1v) is 7.69. The van der Waals surface area contributed by atoms with Gasteiger partial charge in [-0.2, -0.15) is 8.78 Å². The van der Waals surface area contributed by atoms with Gasteiger partial charge in [-0.15, -0.1) is 0 Å². The molecule has 0 spiro atoms. The third-order valence-electron chi connectivity index (χ3n) is 3.82. The van der Waals surface area contributed by atoms with Crippen molar-refractivity contribution >= 4 is 11.9 Å². The third-order valence-corrected chi connectivity index (χ3v) is 3.82. The summed E-state index contributed by atoms with van der Waals surface area (Å²) in [6.45, 7) is 2.40. The molecule has 1 N–H and O–H groups in total. The van der Waals surface area contributed by atoms with Gasteiger partial charge in [0.15, 0.2) is 0 Å². The number of H-pyrrole nitrogens is 1. The van der Waals surface area contributed by atoms with E-state index in [1.54, 1.807) is 20.8 Å². The van der Waals surface area contributed by atoms with Crippen LogP contribution in [0.25, 0.3) is 0 Å². The molecule has 2 aromatic rings. The summed E-state index contributed by atoms with van der Waals surface area (Å²) in [6.07, 6.45) is 2.41. The van der Waals surface area contributed by atoms with Gasteiger partial charge in [0.1, 0.15) is 11.5 Å². The molecule has 0 aliphatic carbocycles. The number of ether oxygens (including phenoxy) is 1. The Balaban J connectivity index is 2.24. The Morgan fingerprint density at radius 3 is 2.68 bits per heavy atom. The number of aryl methyl sites for hydroxylation is 1. The summed E-state index contributed by atoms with van der Waals surface area (Å²) in [5.41, 5.74) is 1.51. The van der Waals surface area contributed by atoms with E-state index < -0.39 is 18.4 Å². The number of imidazole rings is 1. The minimum absolute atomic E-state index is 0.0670. The molecule has 0 bridgehead atoms. The summed E-state index contributed by atoms with van der Waals surface area (Å²) < 4.78 is 31.4. The molecule has 25 heavy (non-hydrogen) atoms. The molecule has 2 aromatic heterocycles. The number of carbonyl (C=O) groups excluding carboxylic acids is 2. The van der Waals surface area contributed by atoms with Crippen LogP contribution in [0, 0.1) is 13.8 Å². The minimum atomic E-state index is -2.73. The van der Waals surface area contributed by atoms with Crippen LogP contribution >= 0.6 is 0 Å². The smallest absolute Gasteiger partial charge is 0.340 e. The van der Waals surface area contributed by atoms with Gasteiger partial charge in [0.25, 0.3) is 5.91 Å². The Labute approximate surface area is 143 Å². The summed E-state index contributed by atoms with van der Waals surface area (Å²) in [4.78, 5) is 32.6. The molecular formula is C16H20F2N4O3. The second-order valence-electron chi connectivity index (χ2n) is 5.54. The van der Waals surface area contributed by atoms with Gasteiger partial charge in [-0.3, -0.25) is 9.36 Å². The normalized spacial score (nSPS) is 11.0. The van der Waals surface area contributed by atoms with Crippen LogP contribution in [0.15, 0.2) is 12.4 Å². The molecule has 136 valence electrons. The van der Waals surface area contributed by atoms with Crippen LogP contribution in [-0.2, 0) is 11.3 Å². The van der Waals surface area contributed by atoms with Gasteiger partial charge in [0.05, 0.1) is 18.7 Å². The fraction of sp³-hybridized carbons (Fsp3) is 0.438. The maximum absolute atomic E-state index is 12.9. The van der Waals surface area contributed by atoms with Crippen molar-refractivity contribution in [3.05, 3.63) is 40.7 Å². The maximum Gasteiger partial charge on any atom is 0.340 e. The number of hydrogen-bond acceptors (Lipinski definition) is 4. The lowest BCUT2D eigenvalue weighted by atomic mass is 10.1. The highest BCUT2D eigenvalue weighted by molar-refractivity contribution is 6.00. The monoisotopic (exact) mass is 354 g/mol. The van der Waals surface area contributed by atoms with E-state index in [1.807, 2.05) is 0 Å². The first-order valence-electron chi connectivity index (χ1n) is 7.69. The highest BCUT2D eigenvalue weighted by Crippen LogP contribution is 2.21. The summed E-state index contributed by atoms with van der Waals surface area (Å²) >= 11 is 0. The Morgan fingerprint density at radius 1 is 1.40 bits per heavy atom. The number of aromatic nitrogens is 3. The molecular weight excluding hydrogens is 334 g/mol. The highest BCUT2D eigenvalue weighted by atomic mass is 19.3. The lowest BCUT2D eigenvalue weighted by Gasteiger charge is -2.17. The van der Waals surface area contributed by atoms with Crippen molar-refractivity contribution in [3.63, 3.8) is 0 Å². The topological polar surface area (TPSA) is 80.2 Å². The predicted molar refractivity (Wildman–Crippen MR) is 85.5 cm³/mol. The molecule has 0 saturated heterocycles. The summed E-state index contributed by atoms with van der Waals surface area (Å²) in [5, 5.41) is 0. The van der Waals surface area contributed by atoms with E-state index in [9.17, 15) is 18.4 Å². The zero-order chi connectivity index (χ0) is 18.7. The van der Waals surface area contributed by atoms with Crippen molar-refractivity contribution < 1.29 is 23.1 Å². The van der Waals surface area contributed by atoms with E-state index in [-0.39, 0.29) is 24.7 Å². The van der Waals surface area contributed by atoms with Crippen LogP contribution in [0.4, 0.5) is 8.78 Å². The fourth-order valence-corrected chi connectivity index (χ4v) is 2.59. The van der Waals surface area contributed by atoms with Crippen molar-refractivity contribution in [3.8, 4) is 0 Å². The highest BCUT2D eigenvalue weighted by Gasteiger charge is 2.25. The molecule has 0 fully saturated rings. The first-order chi connectivity index (χ1) is 11.8. The Morgan fingerprint density at radius 2 is 2.08 bits per heavy atom. The van der Waals surface area contributed by atoms with Crippen LogP contribution in [0.1, 0.15) is 51.4 Å². The average Bonchev–Trinajstić information content (AvgIpc) is 3.11. The fourth-order valence-electron chi connectivity index (χ4n) is 2.59. The van der Waals surface area contributed by atoms with Gasteiger partial charge >= 0.3 is 12.5 Å². The molecule has 0 unspecified atom stereocenters. The molecule has 7 nitrogen and oxygen atoms in total. The molecule has 0 aliphatic rings. The van der Waals surface area contributed by atoms with Gasteiger partial charge in [0.2, 0.25) is 0 Å². The number of nitrogens with one attached hydrogen (secondary N) is 1. The van der Waals surface area contributed by atoms with E-state index in [1.165, 1.54) is 18.1 Å². The quantitative estimate of drug-likeness (QED) is 0.809.